The van der Waals surface area contributed by atoms with E-state index in [0.29, 0.717) is 0 Å². The molecule has 0 radical (unpaired) electrons. The predicted octanol–water partition coefficient (Wildman–Crippen LogP) is -2.13. The van der Waals surface area contributed by atoms with Crippen LogP contribution < -0.4 is 0 Å². The van der Waals surface area contributed by atoms with Crippen LogP contribution in [0.5, 0.6) is 0 Å². The van der Waals surface area contributed by atoms with E-state index >= 15 is 0 Å². The molecule has 0 aliphatic rings. The van der Waals surface area contributed by atoms with Crippen molar-refractivity contribution in [1.29, 1.82) is 0 Å². The SMILES string of the molecule is CO.O.[BaH2]. The van der Waals surface area contributed by atoms with Crippen LogP contribution in [-0.2, 0) is 0 Å². The monoisotopic (exact) mass is 190 g/mol. The number of aliphatic hydroxyl groups is 1. The van der Waals surface area contributed by atoms with Gasteiger partial charge in [0.15, 0.2) is 0 Å². The van der Waals surface area contributed by atoms with Gasteiger partial charge < -0.3 is 10.6 Å². The third-order valence-corrected chi connectivity index (χ3v) is 0. The molecule has 3 heteroatoms. The molecule has 0 rings (SSSR count). The Kier molecular flexibility index (Phi) is 110. The molecule has 0 saturated heterocycles. The Bertz CT molecular complexity index is 6.00. The second kappa shape index (κ2) is 24.6. The second-order valence-electron chi connectivity index (χ2n) is 0. The van der Waals surface area contributed by atoms with Crippen LogP contribution in [0.3, 0.4) is 0 Å². The van der Waals surface area contributed by atoms with Crippen molar-refractivity contribution in [3.63, 3.8) is 0 Å². The molecule has 2 nitrogen and oxygen atoms in total. The van der Waals surface area contributed by atoms with Crippen LogP contribution in [0.2, 0.25) is 0 Å². The zero-order valence-corrected chi connectivity index (χ0v) is 1.95. The average Bonchev–Trinajstić information content (AvgIpc) is 1.00. The normalized spacial score (nSPS) is 1.50. The molecule has 26 valence electrons. The second-order valence-corrected chi connectivity index (χ2v) is 0. The molecule has 0 bridgehead atoms. The molecule has 0 unspecified atom stereocenters. The Hall–Kier alpha value is 1.49. The molecule has 0 aromatic rings. The first-order valence-electron chi connectivity index (χ1n) is 0.447. The van der Waals surface area contributed by atoms with Crippen molar-refractivity contribution in [2.75, 3.05) is 7.11 Å². The fourth-order valence-electron chi connectivity index (χ4n) is 0. The first-order valence-corrected chi connectivity index (χ1v) is 0.447. The molecule has 0 aromatic carbocycles. The number of hydrogen-bond donors (Lipinski definition) is 1. The minimum absolute atomic E-state index is 0. The maximum absolute atomic E-state index is 7.00. The summed E-state index contributed by atoms with van der Waals surface area (Å²) in [6.07, 6.45) is 0. The van der Waals surface area contributed by atoms with Crippen molar-refractivity contribution >= 4 is 48.9 Å². The molecule has 0 saturated carbocycles. The molecular weight excluding hydrogens is 181 g/mol. The van der Waals surface area contributed by atoms with Crippen LogP contribution in [0, 0.1) is 0 Å². The van der Waals surface area contributed by atoms with E-state index in [1.807, 2.05) is 0 Å². The fourth-order valence-corrected chi connectivity index (χ4v) is 0. The molecule has 0 amide bonds. The Morgan fingerprint density at radius 1 is 1.25 bits per heavy atom. The van der Waals surface area contributed by atoms with Crippen LogP contribution in [0.4, 0.5) is 0 Å². The maximum atomic E-state index is 7.00. The Labute approximate surface area is 65.6 Å². The van der Waals surface area contributed by atoms with Crippen LogP contribution in [0.25, 0.3) is 0 Å². The molecule has 0 aromatic heterocycles. The summed E-state index contributed by atoms with van der Waals surface area (Å²) in [5.41, 5.74) is 0. The van der Waals surface area contributed by atoms with Crippen LogP contribution in [-0.4, -0.2) is 66.6 Å². The van der Waals surface area contributed by atoms with Gasteiger partial charge in [-0.05, 0) is 0 Å². The Morgan fingerprint density at radius 2 is 1.25 bits per heavy atom. The van der Waals surface area contributed by atoms with Crippen molar-refractivity contribution in [1.82, 2.24) is 0 Å². The summed E-state index contributed by atoms with van der Waals surface area (Å²) in [5, 5.41) is 7.00. The van der Waals surface area contributed by atoms with Crippen LogP contribution >= 0.6 is 0 Å². The first kappa shape index (κ1) is 17.8. The van der Waals surface area contributed by atoms with Gasteiger partial charge in [-0.3, -0.25) is 0 Å². The van der Waals surface area contributed by atoms with Gasteiger partial charge in [0.1, 0.15) is 0 Å². The number of rotatable bonds is 0. The van der Waals surface area contributed by atoms with Gasteiger partial charge in [0.05, 0.1) is 0 Å². The van der Waals surface area contributed by atoms with Gasteiger partial charge >= 0.3 is 48.9 Å². The molecule has 4 heavy (non-hydrogen) atoms. The van der Waals surface area contributed by atoms with E-state index in [1.54, 1.807) is 0 Å². The topological polar surface area (TPSA) is 51.7 Å². The van der Waals surface area contributed by atoms with Crippen molar-refractivity contribution in [3.8, 4) is 0 Å². The van der Waals surface area contributed by atoms with E-state index in [-0.39, 0.29) is 54.4 Å². The van der Waals surface area contributed by atoms with Crippen molar-refractivity contribution in [3.05, 3.63) is 0 Å². The quantitative estimate of drug-likeness (QED) is 0.435. The third-order valence-electron chi connectivity index (χ3n) is 0. The predicted molar refractivity (Wildman–Crippen MR) is 20.3 cm³/mol. The Balaban J connectivity index is -0.00000000500. The van der Waals surface area contributed by atoms with Gasteiger partial charge in [-0.15, -0.1) is 0 Å². The van der Waals surface area contributed by atoms with Crippen LogP contribution in [0.15, 0.2) is 0 Å². The van der Waals surface area contributed by atoms with Gasteiger partial charge in [0.2, 0.25) is 0 Å². The summed E-state index contributed by atoms with van der Waals surface area (Å²) < 4.78 is 0. The molecule has 0 aliphatic carbocycles. The first-order chi connectivity index (χ1) is 1.00. The van der Waals surface area contributed by atoms with E-state index in [9.17, 15) is 0 Å². The van der Waals surface area contributed by atoms with Gasteiger partial charge in [-0.25, -0.2) is 0 Å². The Morgan fingerprint density at radius 3 is 1.25 bits per heavy atom. The molecular formula is CH8BaO2. The van der Waals surface area contributed by atoms with Crippen molar-refractivity contribution < 1.29 is 10.6 Å². The van der Waals surface area contributed by atoms with E-state index < -0.39 is 0 Å². The van der Waals surface area contributed by atoms with Gasteiger partial charge in [0.25, 0.3) is 0 Å². The fraction of sp³-hybridized carbons (Fsp3) is 1.00. The molecule has 0 fully saturated rings. The summed E-state index contributed by atoms with van der Waals surface area (Å²) in [6, 6.07) is 0. The van der Waals surface area contributed by atoms with E-state index in [2.05, 4.69) is 0 Å². The number of hydrogen-bond acceptors (Lipinski definition) is 1. The minimum atomic E-state index is 0. The summed E-state index contributed by atoms with van der Waals surface area (Å²) in [4.78, 5) is 0. The van der Waals surface area contributed by atoms with E-state index in [1.165, 1.54) is 0 Å². The molecule has 0 spiro atoms. The molecule has 0 aliphatic heterocycles. The molecule has 0 atom stereocenters. The number of aliphatic hydroxyl groups excluding tert-OH is 1. The summed E-state index contributed by atoms with van der Waals surface area (Å²) in [7, 11) is 1.00. The van der Waals surface area contributed by atoms with Crippen molar-refractivity contribution in [2.24, 2.45) is 0 Å². The van der Waals surface area contributed by atoms with Crippen molar-refractivity contribution in [2.45, 2.75) is 0 Å². The summed E-state index contributed by atoms with van der Waals surface area (Å²) in [6.45, 7) is 0. The van der Waals surface area contributed by atoms with Gasteiger partial charge in [-0.2, -0.15) is 0 Å². The zero-order chi connectivity index (χ0) is 2.00. The van der Waals surface area contributed by atoms with Gasteiger partial charge in [-0.1, -0.05) is 0 Å². The standard InChI is InChI=1S/CH4O.Ba.H2O.2H/c1-2;;;;/h2H,1H3;;1H2;;. The van der Waals surface area contributed by atoms with E-state index in [4.69, 9.17) is 5.11 Å². The summed E-state index contributed by atoms with van der Waals surface area (Å²) >= 11 is 0. The van der Waals surface area contributed by atoms with E-state index in [0.717, 1.165) is 7.11 Å². The average molecular weight is 189 g/mol. The third kappa shape index (κ3) is 9.74. The molecule has 0 heterocycles. The summed E-state index contributed by atoms with van der Waals surface area (Å²) in [5.74, 6) is 0. The zero-order valence-electron chi connectivity index (χ0n) is 1.95. The van der Waals surface area contributed by atoms with Crippen LogP contribution in [0.1, 0.15) is 0 Å². The van der Waals surface area contributed by atoms with Gasteiger partial charge in [0, 0.05) is 7.11 Å². The molecule has 3 N–H and O–H groups in total.